The number of phenolic OH excluding ortho intramolecular Hbond substituents is 1. The van der Waals surface area contributed by atoms with Gasteiger partial charge in [-0.25, -0.2) is 8.78 Å². The number of halogens is 2. The Morgan fingerprint density at radius 3 is 3.00 bits per heavy atom. The number of rotatable bonds is 10. The summed E-state index contributed by atoms with van der Waals surface area (Å²) in [4.78, 5) is 26.2. The molecule has 3 atom stereocenters. The number of hydrogen-bond donors (Lipinski definition) is 3. The van der Waals surface area contributed by atoms with Crippen molar-refractivity contribution in [1.29, 1.82) is 0 Å². The van der Waals surface area contributed by atoms with Crippen molar-refractivity contribution >= 4 is 10.9 Å². The third kappa shape index (κ3) is 6.39. The number of unbranched alkanes of at least 4 members (excludes halogenated alkanes) is 1. The summed E-state index contributed by atoms with van der Waals surface area (Å²) in [6.07, 6.45) is 8.52. The minimum Gasteiger partial charge on any atom is -0.508 e. The van der Waals surface area contributed by atoms with E-state index in [4.69, 9.17) is 9.47 Å². The minimum absolute atomic E-state index is 0.00233. The molecule has 43 heavy (non-hydrogen) atoms. The molecule has 0 saturated carbocycles. The lowest BCUT2D eigenvalue weighted by Gasteiger charge is -2.30. The van der Waals surface area contributed by atoms with Crippen LogP contribution in [0.1, 0.15) is 62.5 Å². The van der Waals surface area contributed by atoms with E-state index in [-0.39, 0.29) is 41.1 Å². The number of nitrogens with zero attached hydrogens (tertiary/aromatic N) is 3. The topological polar surface area (TPSA) is 113 Å². The van der Waals surface area contributed by atoms with Crippen LogP contribution in [-0.2, 0) is 11.2 Å². The van der Waals surface area contributed by atoms with Crippen LogP contribution in [0.2, 0.25) is 0 Å². The van der Waals surface area contributed by atoms with Gasteiger partial charge in [-0.05, 0) is 94.6 Å². The number of H-pyrrole nitrogens is 1. The van der Waals surface area contributed by atoms with Gasteiger partial charge in [-0.2, -0.15) is 4.98 Å². The summed E-state index contributed by atoms with van der Waals surface area (Å²) in [6.45, 7) is 5.82. The van der Waals surface area contributed by atoms with Gasteiger partial charge in [0, 0.05) is 37.9 Å². The summed E-state index contributed by atoms with van der Waals surface area (Å²) in [6, 6.07) is 3.07. The number of benzene rings is 1. The van der Waals surface area contributed by atoms with Crippen molar-refractivity contribution in [3.63, 3.8) is 0 Å². The summed E-state index contributed by atoms with van der Waals surface area (Å²) in [5.41, 5.74) is 1.04. The number of hydrogen-bond acceptors (Lipinski definition) is 8. The number of phenols is 1. The van der Waals surface area contributed by atoms with E-state index in [0.29, 0.717) is 31.6 Å². The number of aromatic amines is 1. The molecule has 1 aromatic carbocycles. The fraction of sp³-hybridized carbons (Fsp3) is 0.594. The average Bonchev–Trinajstić information content (AvgIpc) is 3.36. The molecule has 3 N–H and O–H groups in total. The van der Waals surface area contributed by atoms with Gasteiger partial charge in [-0.1, -0.05) is 0 Å². The zero-order valence-electron chi connectivity index (χ0n) is 24.8. The molecule has 3 aromatic rings. The second kappa shape index (κ2) is 12.8. The van der Waals surface area contributed by atoms with Crippen LogP contribution in [0.5, 0.6) is 11.8 Å². The van der Waals surface area contributed by atoms with Crippen molar-refractivity contribution < 1.29 is 23.4 Å². The minimum atomic E-state index is -0.912. The molecule has 0 bridgehead atoms. The van der Waals surface area contributed by atoms with Crippen molar-refractivity contribution in [2.45, 2.75) is 82.5 Å². The first-order valence-corrected chi connectivity index (χ1v) is 15.6. The SMILES string of the molecule is Cc1cc(O)cc(-c2ncc3c(=O)[nH]c(OCC45CCCN4C[C@H](F)C5)nc3c2F)c1CCCCO[C@@H]1CCCCNC1. The third-order valence-electron chi connectivity index (χ3n) is 9.30. The molecular weight excluding hydrogens is 556 g/mol. The van der Waals surface area contributed by atoms with Gasteiger partial charge in [0.1, 0.15) is 29.7 Å². The molecule has 0 spiro atoms. The summed E-state index contributed by atoms with van der Waals surface area (Å²) < 4.78 is 42.3. The number of pyridine rings is 1. The molecule has 0 aliphatic carbocycles. The lowest BCUT2D eigenvalue weighted by Crippen LogP contribution is -2.43. The van der Waals surface area contributed by atoms with Crippen LogP contribution in [0.25, 0.3) is 22.2 Å². The average molecular weight is 598 g/mol. The van der Waals surface area contributed by atoms with Gasteiger partial charge < -0.3 is 19.9 Å². The van der Waals surface area contributed by atoms with E-state index in [1.807, 2.05) is 6.92 Å². The van der Waals surface area contributed by atoms with Crippen molar-refractivity contribution in [1.82, 2.24) is 25.2 Å². The highest BCUT2D eigenvalue weighted by molar-refractivity contribution is 5.83. The van der Waals surface area contributed by atoms with Crippen molar-refractivity contribution in [2.75, 3.05) is 39.4 Å². The third-order valence-corrected chi connectivity index (χ3v) is 9.30. The zero-order chi connectivity index (χ0) is 30.0. The predicted octanol–water partition coefficient (Wildman–Crippen LogP) is 4.57. The number of aromatic hydroxyl groups is 1. The fourth-order valence-electron chi connectivity index (χ4n) is 7.08. The van der Waals surface area contributed by atoms with Gasteiger partial charge in [0.05, 0.1) is 17.0 Å². The molecule has 1 unspecified atom stereocenters. The van der Waals surface area contributed by atoms with Crippen LogP contribution in [0, 0.1) is 12.7 Å². The molecule has 2 aromatic heterocycles. The van der Waals surface area contributed by atoms with E-state index in [1.165, 1.54) is 25.1 Å². The van der Waals surface area contributed by atoms with Gasteiger partial charge in [0.15, 0.2) is 5.82 Å². The van der Waals surface area contributed by atoms with Crippen molar-refractivity contribution in [3.05, 3.63) is 45.6 Å². The maximum absolute atomic E-state index is 16.1. The Kier molecular flexibility index (Phi) is 8.93. The largest absolute Gasteiger partial charge is 0.508 e. The van der Waals surface area contributed by atoms with E-state index in [1.54, 1.807) is 6.07 Å². The Bertz CT molecular complexity index is 1510. The van der Waals surface area contributed by atoms with Gasteiger partial charge in [0.2, 0.25) is 0 Å². The van der Waals surface area contributed by atoms with E-state index in [9.17, 15) is 14.3 Å². The van der Waals surface area contributed by atoms with Gasteiger partial charge >= 0.3 is 0 Å². The van der Waals surface area contributed by atoms with Crippen LogP contribution in [-0.4, -0.2) is 82.2 Å². The molecule has 0 amide bonds. The first-order valence-electron chi connectivity index (χ1n) is 15.6. The van der Waals surface area contributed by atoms with Crippen molar-refractivity contribution in [2.24, 2.45) is 0 Å². The molecule has 6 rings (SSSR count). The summed E-state index contributed by atoms with van der Waals surface area (Å²) in [7, 11) is 0. The van der Waals surface area contributed by atoms with Crippen LogP contribution in [0.15, 0.2) is 23.1 Å². The first kappa shape index (κ1) is 29.9. The molecule has 3 aliphatic rings. The fourth-order valence-corrected chi connectivity index (χ4v) is 7.08. The van der Waals surface area contributed by atoms with E-state index < -0.39 is 23.1 Å². The molecule has 3 aliphatic heterocycles. The normalized spacial score (nSPS) is 24.3. The molecule has 3 fully saturated rings. The van der Waals surface area contributed by atoms with E-state index in [0.717, 1.165) is 62.9 Å². The molecule has 5 heterocycles. The maximum Gasteiger partial charge on any atom is 0.297 e. The number of nitrogens with one attached hydrogen (secondary N) is 2. The monoisotopic (exact) mass is 597 g/mol. The van der Waals surface area contributed by atoms with Gasteiger partial charge in [-0.15, -0.1) is 0 Å². The highest BCUT2D eigenvalue weighted by Crippen LogP contribution is 2.40. The molecule has 9 nitrogen and oxygen atoms in total. The predicted molar refractivity (Wildman–Crippen MR) is 160 cm³/mol. The molecular formula is C32H41F2N5O4. The Labute approximate surface area is 250 Å². The van der Waals surface area contributed by atoms with Crippen LogP contribution < -0.4 is 15.6 Å². The summed E-state index contributed by atoms with van der Waals surface area (Å²) >= 11 is 0. The number of fused-ring (bicyclic) bond motifs is 2. The van der Waals surface area contributed by atoms with Gasteiger partial charge in [0.25, 0.3) is 11.6 Å². The van der Waals surface area contributed by atoms with E-state index in [2.05, 4.69) is 25.2 Å². The Balaban J connectivity index is 1.21. The summed E-state index contributed by atoms with van der Waals surface area (Å²) in [5.74, 6) is -0.748. The lowest BCUT2D eigenvalue weighted by molar-refractivity contribution is 0.0485. The number of ether oxygens (including phenoxy) is 2. The Morgan fingerprint density at radius 1 is 1.23 bits per heavy atom. The smallest absolute Gasteiger partial charge is 0.297 e. The first-order chi connectivity index (χ1) is 20.8. The molecule has 11 heteroatoms. The van der Waals surface area contributed by atoms with Crippen LogP contribution in [0.4, 0.5) is 8.78 Å². The van der Waals surface area contributed by atoms with Crippen LogP contribution in [0.3, 0.4) is 0 Å². The molecule has 3 saturated heterocycles. The lowest BCUT2D eigenvalue weighted by atomic mass is 9.94. The Hall–Kier alpha value is -3.15. The van der Waals surface area contributed by atoms with Crippen LogP contribution >= 0.6 is 0 Å². The van der Waals surface area contributed by atoms with E-state index >= 15 is 4.39 Å². The Morgan fingerprint density at radius 2 is 2.12 bits per heavy atom. The van der Waals surface area contributed by atoms with Gasteiger partial charge in [-0.3, -0.25) is 19.7 Å². The molecule has 0 radical (unpaired) electrons. The highest BCUT2D eigenvalue weighted by Gasteiger charge is 2.49. The number of alkyl halides is 1. The standard InChI is InChI=1S/C32H41F2N5O4/c1-20-13-22(40)14-25(24(20)8-3-5-12-42-23-7-2-4-10-35-16-23)28-27(34)29-26(17-36-28)30(41)38-31(37-29)43-19-32-9-6-11-39(32)18-21(33)15-32/h13-14,17,21,23,35,40H,2-12,15-16,18-19H2,1H3,(H,37,38,41)/t21-,23-,32?/m1/s1. The number of aryl methyl sites for hydroxylation is 1. The second-order valence-electron chi connectivity index (χ2n) is 12.4. The maximum atomic E-state index is 16.1. The zero-order valence-corrected chi connectivity index (χ0v) is 24.8. The number of aromatic nitrogens is 3. The molecule has 232 valence electrons. The quantitative estimate of drug-likeness (QED) is 0.292. The summed E-state index contributed by atoms with van der Waals surface area (Å²) in [5, 5.41) is 13.8. The second-order valence-corrected chi connectivity index (χ2v) is 12.4. The van der Waals surface area contributed by atoms with Crippen molar-refractivity contribution in [3.8, 4) is 23.0 Å². The highest BCUT2D eigenvalue weighted by atomic mass is 19.1.